The average molecular weight is 462 g/mol. The lowest BCUT2D eigenvalue weighted by Crippen LogP contribution is -2.44. The van der Waals surface area contributed by atoms with E-state index < -0.39 is 11.5 Å². The Hall–Kier alpha value is -2.69. The molecular weight excluding hydrogens is 438 g/mol. The Morgan fingerprint density at radius 2 is 1.70 bits per heavy atom. The molecule has 0 fully saturated rings. The van der Waals surface area contributed by atoms with E-state index in [1.807, 2.05) is 97.9 Å². The van der Waals surface area contributed by atoms with E-state index in [1.165, 1.54) is 0 Å². The van der Waals surface area contributed by atoms with Crippen molar-refractivity contribution in [2.45, 2.75) is 31.4 Å². The molecule has 0 radical (unpaired) electrons. The predicted octanol–water partition coefficient (Wildman–Crippen LogP) is 5.93. The Morgan fingerprint density at radius 1 is 1.03 bits per heavy atom. The molecule has 0 unspecified atom stereocenters. The molecule has 0 saturated heterocycles. The van der Waals surface area contributed by atoms with Crippen molar-refractivity contribution in [2.24, 2.45) is 0 Å². The van der Waals surface area contributed by atoms with Gasteiger partial charge < -0.3 is 10.0 Å². The van der Waals surface area contributed by atoms with Gasteiger partial charge in [0.05, 0.1) is 12.2 Å². The van der Waals surface area contributed by atoms with Gasteiger partial charge in [0.2, 0.25) is 0 Å². The molecule has 3 nitrogen and oxygen atoms in total. The van der Waals surface area contributed by atoms with Crippen LogP contribution in [0.25, 0.3) is 0 Å². The number of halogens is 1. The van der Waals surface area contributed by atoms with Crippen molar-refractivity contribution >= 4 is 27.5 Å². The Bertz CT molecular complexity index is 1060. The molecule has 3 aromatic carbocycles. The summed E-state index contributed by atoms with van der Waals surface area (Å²) in [5.41, 5.74) is 1.63. The number of hydrogen-bond acceptors (Lipinski definition) is 2. The van der Waals surface area contributed by atoms with Crippen molar-refractivity contribution in [3.05, 3.63) is 112 Å². The topological polar surface area (TPSA) is 40.5 Å². The Morgan fingerprint density at radius 3 is 2.37 bits per heavy atom. The number of carbonyl (C=O) groups excluding carboxylic acids is 1. The van der Waals surface area contributed by atoms with Gasteiger partial charge in [-0.05, 0) is 35.7 Å². The average Bonchev–Trinajstić information content (AvgIpc) is 2.97. The summed E-state index contributed by atoms with van der Waals surface area (Å²) in [5.74, 6) is -0.783. The van der Waals surface area contributed by atoms with Crippen LogP contribution in [0.4, 0.5) is 5.69 Å². The van der Waals surface area contributed by atoms with Crippen LogP contribution in [0.2, 0.25) is 0 Å². The number of allylic oxidation sites excluding steroid dienone is 1. The van der Waals surface area contributed by atoms with E-state index in [0.29, 0.717) is 12.1 Å². The van der Waals surface area contributed by atoms with E-state index in [1.54, 1.807) is 4.90 Å². The first kappa shape index (κ1) is 20.6. The van der Waals surface area contributed by atoms with E-state index in [2.05, 4.69) is 15.9 Å². The molecule has 0 spiro atoms. The van der Waals surface area contributed by atoms with Crippen molar-refractivity contribution in [3.63, 3.8) is 0 Å². The van der Waals surface area contributed by atoms with Crippen LogP contribution < -0.4 is 4.90 Å². The normalized spacial score (nSPS) is 19.3. The standard InChI is InChI=1S/C26H24BrNO2/c1-2-3-14-22(20-12-8-5-9-13-20)26(30)23-17-21(27)15-16-24(23)28(25(26)29)18-19-10-6-4-7-11-19/h3-17,22,30H,2,18H2,1H3/b14-3+/t22-,26+/m0/s1. The summed E-state index contributed by atoms with van der Waals surface area (Å²) >= 11 is 3.52. The molecule has 1 aliphatic rings. The van der Waals surface area contributed by atoms with Gasteiger partial charge in [-0.3, -0.25) is 4.79 Å². The maximum atomic E-state index is 13.8. The smallest absolute Gasteiger partial charge is 0.264 e. The molecule has 152 valence electrons. The van der Waals surface area contributed by atoms with Crippen LogP contribution in [0.3, 0.4) is 0 Å². The molecule has 0 aromatic heterocycles. The molecule has 1 N–H and O–H groups in total. The van der Waals surface area contributed by atoms with Crippen LogP contribution >= 0.6 is 15.9 Å². The second kappa shape index (κ2) is 8.58. The first-order valence-corrected chi connectivity index (χ1v) is 10.9. The van der Waals surface area contributed by atoms with Gasteiger partial charge >= 0.3 is 0 Å². The number of carbonyl (C=O) groups is 1. The summed E-state index contributed by atoms with van der Waals surface area (Å²) in [6, 6.07) is 25.3. The van der Waals surface area contributed by atoms with Crippen LogP contribution in [0.1, 0.15) is 36.0 Å². The highest BCUT2D eigenvalue weighted by molar-refractivity contribution is 9.10. The first-order chi connectivity index (χ1) is 14.6. The molecule has 2 atom stereocenters. The van der Waals surface area contributed by atoms with Crippen molar-refractivity contribution in [1.82, 2.24) is 0 Å². The molecular formula is C26H24BrNO2. The quantitative estimate of drug-likeness (QED) is 0.461. The van der Waals surface area contributed by atoms with Gasteiger partial charge in [-0.15, -0.1) is 0 Å². The fourth-order valence-corrected chi connectivity index (χ4v) is 4.49. The lowest BCUT2D eigenvalue weighted by Gasteiger charge is -2.31. The molecule has 1 amide bonds. The number of anilines is 1. The lowest BCUT2D eigenvalue weighted by molar-refractivity contribution is -0.137. The zero-order valence-corrected chi connectivity index (χ0v) is 18.4. The molecule has 1 aliphatic heterocycles. The number of nitrogens with zero attached hydrogens (tertiary/aromatic N) is 1. The van der Waals surface area contributed by atoms with Crippen molar-refractivity contribution in [1.29, 1.82) is 0 Å². The van der Waals surface area contributed by atoms with Crippen molar-refractivity contribution in [3.8, 4) is 0 Å². The number of fused-ring (bicyclic) bond motifs is 1. The third kappa shape index (κ3) is 3.62. The minimum absolute atomic E-state index is 0.297. The summed E-state index contributed by atoms with van der Waals surface area (Å²) < 4.78 is 0.834. The van der Waals surface area contributed by atoms with Crippen LogP contribution in [-0.2, 0) is 16.9 Å². The molecule has 30 heavy (non-hydrogen) atoms. The summed E-state index contributed by atoms with van der Waals surface area (Å²) in [5, 5.41) is 12.1. The fraction of sp³-hybridized carbons (Fsp3) is 0.192. The molecule has 4 rings (SSSR count). The van der Waals surface area contributed by atoms with E-state index >= 15 is 0 Å². The summed E-state index contributed by atoms with van der Waals surface area (Å²) in [6.45, 7) is 2.46. The minimum Gasteiger partial charge on any atom is -0.374 e. The van der Waals surface area contributed by atoms with E-state index in [9.17, 15) is 9.90 Å². The zero-order chi connectivity index (χ0) is 21.1. The summed E-state index contributed by atoms with van der Waals surface area (Å²) in [4.78, 5) is 15.5. The van der Waals surface area contributed by atoms with Crippen LogP contribution in [-0.4, -0.2) is 11.0 Å². The number of aliphatic hydroxyl groups is 1. The van der Waals surface area contributed by atoms with E-state index in [4.69, 9.17) is 0 Å². The molecule has 1 heterocycles. The monoisotopic (exact) mass is 461 g/mol. The molecule has 3 aromatic rings. The third-order valence-electron chi connectivity index (χ3n) is 5.59. The van der Waals surface area contributed by atoms with Gasteiger partial charge in [0, 0.05) is 16.0 Å². The Kier molecular flexibility index (Phi) is 5.89. The summed E-state index contributed by atoms with van der Waals surface area (Å²) in [7, 11) is 0. The SMILES string of the molecule is CC/C=C/[C@@H](c1ccccc1)[C@]1(O)C(=O)N(Cc2ccccc2)c2ccc(Br)cc21. The maximum Gasteiger partial charge on any atom is 0.264 e. The molecule has 0 saturated carbocycles. The molecule has 4 heteroatoms. The molecule has 0 bridgehead atoms. The highest BCUT2D eigenvalue weighted by atomic mass is 79.9. The van der Waals surface area contributed by atoms with Crippen molar-refractivity contribution < 1.29 is 9.90 Å². The summed E-state index contributed by atoms with van der Waals surface area (Å²) in [6.07, 6.45) is 4.80. The van der Waals surface area contributed by atoms with Gasteiger partial charge in [0.15, 0.2) is 5.60 Å². The highest BCUT2D eigenvalue weighted by Gasteiger charge is 2.54. The maximum absolute atomic E-state index is 13.8. The fourth-order valence-electron chi connectivity index (χ4n) is 4.13. The third-order valence-corrected chi connectivity index (χ3v) is 6.08. The van der Waals surface area contributed by atoms with Gasteiger partial charge in [-0.1, -0.05) is 95.7 Å². The zero-order valence-electron chi connectivity index (χ0n) is 16.8. The molecule has 0 aliphatic carbocycles. The van der Waals surface area contributed by atoms with Crippen LogP contribution in [0.5, 0.6) is 0 Å². The lowest BCUT2D eigenvalue weighted by atomic mass is 9.77. The number of hydrogen-bond donors (Lipinski definition) is 1. The highest BCUT2D eigenvalue weighted by Crippen LogP contribution is 2.50. The predicted molar refractivity (Wildman–Crippen MR) is 124 cm³/mol. The number of benzene rings is 3. The largest absolute Gasteiger partial charge is 0.374 e. The Balaban J connectivity index is 1.86. The van der Waals surface area contributed by atoms with Crippen LogP contribution in [0.15, 0.2) is 95.5 Å². The number of amides is 1. The first-order valence-electron chi connectivity index (χ1n) is 10.2. The Labute approximate surface area is 185 Å². The van der Waals surface area contributed by atoms with Gasteiger partial charge in [0.25, 0.3) is 5.91 Å². The minimum atomic E-state index is -1.68. The van der Waals surface area contributed by atoms with Crippen molar-refractivity contribution in [2.75, 3.05) is 4.90 Å². The second-order valence-corrected chi connectivity index (χ2v) is 8.45. The second-order valence-electron chi connectivity index (χ2n) is 7.53. The van der Waals surface area contributed by atoms with Crippen LogP contribution in [0, 0.1) is 0 Å². The van der Waals surface area contributed by atoms with Gasteiger partial charge in [-0.25, -0.2) is 0 Å². The van der Waals surface area contributed by atoms with E-state index in [0.717, 1.165) is 27.7 Å². The number of rotatable bonds is 6. The van der Waals surface area contributed by atoms with E-state index in [-0.39, 0.29) is 5.91 Å². The van der Waals surface area contributed by atoms with Gasteiger partial charge in [-0.2, -0.15) is 0 Å². The van der Waals surface area contributed by atoms with Gasteiger partial charge in [0.1, 0.15) is 0 Å².